The maximum Gasteiger partial charge on any atom is 0.248 e. The molecule has 0 radical (unpaired) electrons. The number of primary amides is 1. The van der Waals surface area contributed by atoms with Crippen molar-refractivity contribution in [2.45, 2.75) is 0 Å². The molecule has 7 nitrogen and oxygen atoms in total. The fourth-order valence-electron chi connectivity index (χ4n) is 3.34. The summed E-state index contributed by atoms with van der Waals surface area (Å²) < 4.78 is 1.93. The molecule has 0 fully saturated rings. The molecule has 0 aliphatic rings. The molecular weight excluding hydrogens is 388 g/mol. The van der Waals surface area contributed by atoms with Crippen molar-refractivity contribution in [2.75, 3.05) is 5.32 Å². The van der Waals surface area contributed by atoms with Gasteiger partial charge in [0.2, 0.25) is 5.91 Å². The Hall–Kier alpha value is -4.52. The van der Waals surface area contributed by atoms with Crippen LogP contribution in [0.2, 0.25) is 0 Å². The maximum absolute atomic E-state index is 11.4. The highest BCUT2D eigenvalue weighted by Crippen LogP contribution is 2.28. The van der Waals surface area contributed by atoms with E-state index in [-0.39, 0.29) is 0 Å². The number of amides is 1. The highest BCUT2D eigenvalue weighted by Gasteiger charge is 2.16. The van der Waals surface area contributed by atoms with Crippen LogP contribution in [0.25, 0.3) is 28.2 Å². The van der Waals surface area contributed by atoms with E-state index in [1.165, 1.54) is 0 Å². The zero-order valence-electron chi connectivity index (χ0n) is 16.4. The van der Waals surface area contributed by atoms with Gasteiger partial charge in [-0.05, 0) is 36.4 Å². The minimum Gasteiger partial charge on any atom is -0.366 e. The number of aromatic nitrogens is 4. The van der Waals surface area contributed by atoms with Gasteiger partial charge in [-0.15, -0.1) is 0 Å². The number of carbonyl (C=O) groups excluding carboxylic acids is 1. The number of nitrogens with zero attached hydrogens (tertiary/aromatic N) is 4. The predicted octanol–water partition coefficient (Wildman–Crippen LogP) is 4.33. The molecular formula is C24H18N6O. The van der Waals surface area contributed by atoms with E-state index >= 15 is 0 Å². The minimum absolute atomic E-state index is 0.432. The highest BCUT2D eigenvalue weighted by molar-refractivity contribution is 5.93. The van der Waals surface area contributed by atoms with Crippen molar-refractivity contribution in [3.05, 3.63) is 96.8 Å². The highest BCUT2D eigenvalue weighted by atomic mass is 16.1. The van der Waals surface area contributed by atoms with E-state index in [1.54, 1.807) is 30.6 Å². The van der Waals surface area contributed by atoms with E-state index in [9.17, 15) is 4.79 Å². The summed E-state index contributed by atoms with van der Waals surface area (Å²) in [7, 11) is 0. The number of hydrogen-bond acceptors (Lipinski definition) is 5. The Balaban J connectivity index is 1.69. The number of anilines is 2. The molecule has 0 bridgehead atoms. The molecule has 0 atom stereocenters. The Morgan fingerprint density at radius 1 is 0.839 bits per heavy atom. The molecule has 150 valence electrons. The third-order valence-corrected chi connectivity index (χ3v) is 4.89. The number of imidazole rings is 1. The quantitative estimate of drug-likeness (QED) is 0.453. The molecule has 5 aromatic rings. The Kier molecular flexibility index (Phi) is 4.61. The van der Waals surface area contributed by atoms with E-state index in [1.807, 2.05) is 65.2 Å². The van der Waals surface area contributed by atoms with Crippen LogP contribution in [-0.4, -0.2) is 25.4 Å². The van der Waals surface area contributed by atoms with Crippen molar-refractivity contribution in [2.24, 2.45) is 5.73 Å². The van der Waals surface area contributed by atoms with E-state index in [4.69, 9.17) is 15.7 Å². The SMILES string of the molecule is NC(=O)c1ccc(-c2nc(Nc3ccccc3)c3ncn(-c4ccccc4)c3n2)cc1. The Bertz CT molecular complexity index is 1360. The first-order chi connectivity index (χ1) is 15.2. The van der Waals surface area contributed by atoms with Crippen LogP contribution in [0.4, 0.5) is 11.5 Å². The van der Waals surface area contributed by atoms with Crippen molar-refractivity contribution < 1.29 is 4.79 Å². The Labute approximate surface area is 178 Å². The fourth-order valence-corrected chi connectivity index (χ4v) is 3.34. The van der Waals surface area contributed by atoms with Crippen molar-refractivity contribution in [1.29, 1.82) is 0 Å². The summed E-state index contributed by atoms with van der Waals surface area (Å²) in [5.74, 6) is 0.635. The average Bonchev–Trinajstić information content (AvgIpc) is 3.25. The molecule has 0 aliphatic carbocycles. The van der Waals surface area contributed by atoms with Crippen LogP contribution in [-0.2, 0) is 0 Å². The Morgan fingerprint density at radius 3 is 2.19 bits per heavy atom. The summed E-state index contributed by atoms with van der Waals surface area (Å²) in [6, 6.07) is 26.6. The molecule has 0 saturated carbocycles. The summed E-state index contributed by atoms with van der Waals surface area (Å²) in [5, 5.41) is 3.35. The van der Waals surface area contributed by atoms with Crippen LogP contribution in [0, 0.1) is 0 Å². The van der Waals surface area contributed by atoms with Crippen molar-refractivity contribution in [1.82, 2.24) is 19.5 Å². The van der Waals surface area contributed by atoms with E-state index < -0.39 is 5.91 Å². The zero-order valence-corrected chi connectivity index (χ0v) is 16.4. The molecule has 7 heteroatoms. The molecule has 0 aliphatic heterocycles. The van der Waals surface area contributed by atoms with Crippen molar-refractivity contribution >= 4 is 28.6 Å². The van der Waals surface area contributed by atoms with Gasteiger partial charge in [0.25, 0.3) is 0 Å². The summed E-state index contributed by atoms with van der Waals surface area (Å²) in [6.45, 7) is 0. The molecule has 3 N–H and O–H groups in total. The number of nitrogens with one attached hydrogen (secondary N) is 1. The van der Waals surface area contributed by atoms with E-state index in [2.05, 4.69) is 10.3 Å². The number of hydrogen-bond donors (Lipinski definition) is 2. The van der Waals surface area contributed by atoms with Gasteiger partial charge in [0.1, 0.15) is 6.33 Å². The summed E-state index contributed by atoms with van der Waals surface area (Å²) in [4.78, 5) is 25.5. The number of fused-ring (bicyclic) bond motifs is 1. The molecule has 1 amide bonds. The predicted molar refractivity (Wildman–Crippen MR) is 120 cm³/mol. The van der Waals surface area contributed by atoms with Crippen molar-refractivity contribution in [3.63, 3.8) is 0 Å². The van der Waals surface area contributed by atoms with Crippen LogP contribution < -0.4 is 11.1 Å². The number of carbonyl (C=O) groups is 1. The first-order valence-electron chi connectivity index (χ1n) is 9.72. The van der Waals surface area contributed by atoms with Crippen LogP contribution >= 0.6 is 0 Å². The second kappa shape index (κ2) is 7.72. The van der Waals surface area contributed by atoms with Crippen LogP contribution in [0.5, 0.6) is 0 Å². The molecule has 31 heavy (non-hydrogen) atoms. The molecule has 5 rings (SSSR count). The lowest BCUT2D eigenvalue weighted by molar-refractivity contribution is 0.100. The van der Waals surface area contributed by atoms with E-state index in [0.717, 1.165) is 16.9 Å². The second-order valence-electron chi connectivity index (χ2n) is 6.95. The van der Waals surface area contributed by atoms with Gasteiger partial charge in [-0.2, -0.15) is 0 Å². The summed E-state index contributed by atoms with van der Waals surface area (Å²) >= 11 is 0. The molecule has 3 aromatic carbocycles. The molecule has 2 heterocycles. The van der Waals surface area contributed by atoms with Gasteiger partial charge in [-0.25, -0.2) is 15.0 Å². The maximum atomic E-state index is 11.4. The number of nitrogens with two attached hydrogens (primary N) is 1. The van der Waals surface area contributed by atoms with Crippen LogP contribution in [0.1, 0.15) is 10.4 Å². The average molecular weight is 406 g/mol. The molecule has 0 saturated heterocycles. The smallest absolute Gasteiger partial charge is 0.248 e. The van der Waals surface area contributed by atoms with E-state index in [0.29, 0.717) is 28.4 Å². The lowest BCUT2D eigenvalue weighted by Crippen LogP contribution is -2.10. The molecule has 2 aromatic heterocycles. The lowest BCUT2D eigenvalue weighted by Gasteiger charge is -2.10. The van der Waals surface area contributed by atoms with Gasteiger partial charge < -0.3 is 11.1 Å². The fraction of sp³-hybridized carbons (Fsp3) is 0. The van der Waals surface area contributed by atoms with Crippen LogP contribution in [0.3, 0.4) is 0 Å². The van der Waals surface area contributed by atoms with Gasteiger partial charge in [-0.3, -0.25) is 9.36 Å². The largest absolute Gasteiger partial charge is 0.366 e. The first-order valence-corrected chi connectivity index (χ1v) is 9.72. The van der Waals surface area contributed by atoms with Crippen molar-refractivity contribution in [3.8, 4) is 17.1 Å². The summed E-state index contributed by atoms with van der Waals surface area (Å²) in [5.41, 5.74) is 9.74. The number of rotatable bonds is 5. The van der Waals surface area contributed by atoms with Gasteiger partial charge in [-0.1, -0.05) is 48.5 Å². The Morgan fingerprint density at radius 2 is 1.52 bits per heavy atom. The van der Waals surface area contributed by atoms with Gasteiger partial charge >= 0.3 is 0 Å². The van der Waals surface area contributed by atoms with Gasteiger partial charge in [0.05, 0.1) is 0 Å². The van der Waals surface area contributed by atoms with Crippen LogP contribution in [0.15, 0.2) is 91.3 Å². The summed E-state index contributed by atoms with van der Waals surface area (Å²) in [6.07, 6.45) is 1.74. The van der Waals surface area contributed by atoms with Gasteiger partial charge in [0, 0.05) is 22.5 Å². The standard InChI is InChI=1S/C24H18N6O/c25-21(31)16-11-13-17(14-12-16)22-28-23(27-18-7-3-1-4-8-18)20-24(29-22)30(15-26-20)19-9-5-2-6-10-19/h1-15H,(H2,25,31)(H,27,28,29). The second-order valence-corrected chi connectivity index (χ2v) is 6.95. The normalized spacial score (nSPS) is 10.8. The monoisotopic (exact) mass is 406 g/mol. The number of para-hydroxylation sites is 2. The third-order valence-electron chi connectivity index (χ3n) is 4.89. The molecule has 0 spiro atoms. The topological polar surface area (TPSA) is 98.7 Å². The first kappa shape index (κ1) is 18.5. The zero-order chi connectivity index (χ0) is 21.2. The lowest BCUT2D eigenvalue weighted by atomic mass is 10.1. The third kappa shape index (κ3) is 3.60. The van der Waals surface area contributed by atoms with Gasteiger partial charge in [0.15, 0.2) is 22.8 Å². The number of benzene rings is 3. The molecule has 0 unspecified atom stereocenters. The minimum atomic E-state index is -0.475.